The maximum absolute atomic E-state index is 10.8. The van der Waals surface area contributed by atoms with Gasteiger partial charge in [0.2, 0.25) is 0 Å². The number of ether oxygens (including phenoxy) is 1. The Morgan fingerprint density at radius 2 is 1.21 bits per heavy atom. The van der Waals surface area contributed by atoms with Gasteiger partial charge in [-0.15, -0.1) is 0 Å². The third kappa shape index (κ3) is 4.69. The van der Waals surface area contributed by atoms with E-state index in [1.165, 1.54) is 36.0 Å². The van der Waals surface area contributed by atoms with E-state index in [2.05, 4.69) is 112 Å². The normalized spacial score (nSPS) is 21.7. The molecule has 4 aromatic carbocycles. The van der Waals surface area contributed by atoms with Crippen LogP contribution in [-0.2, 0) is 22.2 Å². The summed E-state index contributed by atoms with van der Waals surface area (Å²) in [5, 5.41) is 0. The van der Waals surface area contributed by atoms with Gasteiger partial charge < -0.3 is 4.74 Å². The monoisotopic (exact) mass is 502 g/mol. The zero-order valence-corrected chi connectivity index (χ0v) is 22.8. The molecule has 0 N–H and O–H groups in total. The summed E-state index contributed by atoms with van der Waals surface area (Å²) >= 11 is 0. The summed E-state index contributed by atoms with van der Waals surface area (Å²) in [5.41, 5.74) is 6.11. The van der Waals surface area contributed by atoms with E-state index in [9.17, 15) is 4.79 Å². The van der Waals surface area contributed by atoms with E-state index < -0.39 is 0 Å². The number of rotatable bonds is 4. The van der Waals surface area contributed by atoms with Crippen molar-refractivity contribution < 1.29 is 9.53 Å². The molecular weight excluding hydrogens is 464 g/mol. The molecule has 0 spiro atoms. The maximum Gasteiger partial charge on any atom is 0.338 e. The molecule has 2 unspecified atom stereocenters. The Hall–Kier alpha value is -3.65. The number of fused-ring (bicyclic) bond motifs is 1. The van der Waals surface area contributed by atoms with Gasteiger partial charge in [-0.25, -0.2) is 4.79 Å². The van der Waals surface area contributed by atoms with E-state index in [-0.39, 0.29) is 16.8 Å². The summed E-state index contributed by atoms with van der Waals surface area (Å²) in [6, 6.07) is 41.2. The van der Waals surface area contributed by atoms with E-state index in [1.807, 2.05) is 18.2 Å². The highest BCUT2D eigenvalue weighted by atomic mass is 16.5. The first-order valence-corrected chi connectivity index (χ1v) is 13.9. The van der Waals surface area contributed by atoms with Gasteiger partial charge in [0.25, 0.3) is 0 Å². The van der Waals surface area contributed by atoms with Crippen molar-refractivity contribution in [3.8, 4) is 0 Å². The van der Waals surface area contributed by atoms with Gasteiger partial charge in [0.1, 0.15) is 6.61 Å². The standard InChI is InChI=1S/C28H32.C8H6O2/c1-22(2)23-19-20-27(3,24-13-7-4-8-14-24)28(21-23,25-15-9-5-10-16-25)26-17-11-6-12-18-26;9-8-7-4-2-1-3-6(7)5-10-8/h4-18,22-23H,19-21H2,1-3H3;1-4H,5H2. The van der Waals surface area contributed by atoms with Crippen molar-refractivity contribution >= 4 is 5.97 Å². The summed E-state index contributed by atoms with van der Waals surface area (Å²) < 4.78 is 4.78. The van der Waals surface area contributed by atoms with Crippen LogP contribution in [0.4, 0.5) is 0 Å². The number of carbonyl (C=O) groups is 1. The largest absolute Gasteiger partial charge is 0.457 e. The Bertz CT molecular complexity index is 1300. The van der Waals surface area contributed by atoms with Gasteiger partial charge in [-0.05, 0) is 53.9 Å². The summed E-state index contributed by atoms with van der Waals surface area (Å²) in [6.07, 6.45) is 3.71. The van der Waals surface area contributed by atoms with Crippen LogP contribution in [0.15, 0.2) is 115 Å². The fraction of sp³-hybridized carbons (Fsp3) is 0.306. The third-order valence-corrected chi connectivity index (χ3v) is 9.01. The predicted octanol–water partition coefficient (Wildman–Crippen LogP) is 8.74. The Kier molecular flexibility index (Phi) is 7.51. The molecule has 1 aliphatic heterocycles. The second-order valence-electron chi connectivity index (χ2n) is 11.3. The second kappa shape index (κ2) is 11.0. The second-order valence-corrected chi connectivity index (χ2v) is 11.3. The predicted molar refractivity (Wildman–Crippen MR) is 155 cm³/mol. The van der Waals surface area contributed by atoms with E-state index in [1.54, 1.807) is 6.07 Å². The van der Waals surface area contributed by atoms with Crippen LogP contribution in [0.1, 0.15) is 72.6 Å². The molecule has 2 nitrogen and oxygen atoms in total. The minimum Gasteiger partial charge on any atom is -0.457 e. The van der Waals surface area contributed by atoms with Gasteiger partial charge >= 0.3 is 5.97 Å². The topological polar surface area (TPSA) is 26.3 Å². The minimum atomic E-state index is -0.199. The molecule has 38 heavy (non-hydrogen) atoms. The number of carbonyl (C=O) groups excluding carboxylic acids is 1. The highest BCUT2D eigenvalue weighted by Gasteiger charge is 2.54. The SMILES string of the molecule is CC(C)C1CCC(C)(c2ccccc2)C(c2ccccc2)(c2ccccc2)C1.O=C1OCc2ccccc21. The fourth-order valence-electron chi connectivity index (χ4n) is 6.73. The van der Waals surface area contributed by atoms with Crippen LogP contribution in [0.3, 0.4) is 0 Å². The third-order valence-electron chi connectivity index (χ3n) is 9.01. The minimum absolute atomic E-state index is 0.0237. The fourth-order valence-corrected chi connectivity index (χ4v) is 6.73. The van der Waals surface area contributed by atoms with Gasteiger partial charge in [-0.3, -0.25) is 0 Å². The molecule has 0 saturated heterocycles. The molecule has 6 rings (SSSR count). The number of cyclic esters (lactones) is 1. The lowest BCUT2D eigenvalue weighted by Crippen LogP contribution is -2.53. The molecule has 0 aromatic heterocycles. The highest BCUT2D eigenvalue weighted by molar-refractivity contribution is 5.93. The van der Waals surface area contributed by atoms with E-state index in [0.29, 0.717) is 18.1 Å². The number of esters is 1. The summed E-state index contributed by atoms with van der Waals surface area (Å²) in [7, 11) is 0. The van der Waals surface area contributed by atoms with E-state index in [4.69, 9.17) is 4.74 Å². The van der Waals surface area contributed by atoms with Crippen molar-refractivity contribution in [3.63, 3.8) is 0 Å². The molecule has 2 aliphatic rings. The Morgan fingerprint density at radius 3 is 1.74 bits per heavy atom. The van der Waals surface area contributed by atoms with Crippen molar-refractivity contribution in [2.24, 2.45) is 11.8 Å². The first-order chi connectivity index (χ1) is 18.5. The lowest BCUT2D eigenvalue weighted by molar-refractivity contribution is 0.0535. The maximum atomic E-state index is 10.8. The van der Waals surface area contributed by atoms with Gasteiger partial charge in [0, 0.05) is 16.4 Å². The molecule has 2 atom stereocenters. The highest BCUT2D eigenvalue weighted by Crippen LogP contribution is 2.59. The molecule has 0 radical (unpaired) electrons. The molecule has 1 aliphatic carbocycles. The van der Waals surface area contributed by atoms with Gasteiger partial charge in [-0.2, -0.15) is 0 Å². The average Bonchev–Trinajstić information content (AvgIpc) is 3.35. The quantitative estimate of drug-likeness (QED) is 0.261. The van der Waals surface area contributed by atoms with Crippen LogP contribution in [0, 0.1) is 11.8 Å². The van der Waals surface area contributed by atoms with Crippen molar-refractivity contribution in [2.45, 2.75) is 57.5 Å². The van der Waals surface area contributed by atoms with Crippen LogP contribution >= 0.6 is 0 Å². The zero-order chi connectivity index (χ0) is 26.6. The van der Waals surface area contributed by atoms with Crippen LogP contribution in [0.2, 0.25) is 0 Å². The molecule has 1 heterocycles. The van der Waals surface area contributed by atoms with Crippen molar-refractivity contribution in [3.05, 3.63) is 143 Å². The number of benzene rings is 4. The zero-order valence-electron chi connectivity index (χ0n) is 22.8. The van der Waals surface area contributed by atoms with Gasteiger partial charge in [-0.1, -0.05) is 130 Å². The Labute approximate surface area is 227 Å². The lowest BCUT2D eigenvalue weighted by atomic mass is 9.47. The molecule has 4 aromatic rings. The molecule has 0 amide bonds. The van der Waals surface area contributed by atoms with Crippen molar-refractivity contribution in [2.75, 3.05) is 0 Å². The molecule has 2 heteroatoms. The molecule has 0 bridgehead atoms. The Balaban J connectivity index is 0.000000244. The van der Waals surface area contributed by atoms with E-state index >= 15 is 0 Å². The van der Waals surface area contributed by atoms with E-state index in [0.717, 1.165) is 11.5 Å². The van der Waals surface area contributed by atoms with Crippen molar-refractivity contribution in [1.82, 2.24) is 0 Å². The first kappa shape index (κ1) is 26.0. The first-order valence-electron chi connectivity index (χ1n) is 13.9. The summed E-state index contributed by atoms with van der Waals surface area (Å²) in [6.45, 7) is 7.75. The lowest BCUT2D eigenvalue weighted by Gasteiger charge is -2.56. The smallest absolute Gasteiger partial charge is 0.338 e. The van der Waals surface area contributed by atoms with Gasteiger partial charge in [0.15, 0.2) is 0 Å². The number of hydrogen-bond acceptors (Lipinski definition) is 2. The average molecular weight is 503 g/mol. The Morgan fingerprint density at radius 1 is 0.711 bits per heavy atom. The summed E-state index contributed by atoms with van der Waals surface area (Å²) in [4.78, 5) is 10.8. The molecule has 1 saturated carbocycles. The molecule has 1 fully saturated rings. The van der Waals surface area contributed by atoms with Crippen LogP contribution in [-0.4, -0.2) is 5.97 Å². The van der Waals surface area contributed by atoms with Crippen LogP contribution in [0.5, 0.6) is 0 Å². The van der Waals surface area contributed by atoms with Crippen molar-refractivity contribution in [1.29, 1.82) is 0 Å². The number of hydrogen-bond donors (Lipinski definition) is 0. The summed E-state index contributed by atoms with van der Waals surface area (Å²) in [5.74, 6) is 1.24. The molecular formula is C36H38O2. The molecule has 194 valence electrons. The van der Waals surface area contributed by atoms with Crippen LogP contribution in [0.25, 0.3) is 0 Å². The van der Waals surface area contributed by atoms with Gasteiger partial charge in [0.05, 0.1) is 5.56 Å². The van der Waals surface area contributed by atoms with Crippen LogP contribution < -0.4 is 0 Å².